The first-order valence-corrected chi connectivity index (χ1v) is 13.0. The molecule has 0 unspecified atom stereocenters. The van der Waals surface area contributed by atoms with E-state index >= 15 is 0 Å². The van der Waals surface area contributed by atoms with Gasteiger partial charge < -0.3 is 19.3 Å². The Hall–Kier alpha value is -3.76. The molecule has 4 aromatic rings. The highest BCUT2D eigenvalue weighted by molar-refractivity contribution is 5.50. The average molecular weight is 511 g/mol. The van der Waals surface area contributed by atoms with Crippen molar-refractivity contribution in [3.05, 3.63) is 124 Å². The average Bonchev–Trinajstić information content (AvgIpc) is 2.91. The number of phenolic OH excluding ortho intramolecular Hbond substituents is 1. The summed E-state index contributed by atoms with van der Waals surface area (Å²) in [7, 11) is 3.34. The molecule has 4 rings (SSSR count). The monoisotopic (exact) mass is 510 g/mol. The molecule has 0 aromatic heterocycles. The van der Waals surface area contributed by atoms with Crippen molar-refractivity contribution in [3.8, 4) is 17.2 Å². The molecule has 198 valence electrons. The lowest BCUT2D eigenvalue weighted by molar-refractivity contribution is 0.00457. The van der Waals surface area contributed by atoms with Gasteiger partial charge in [-0.3, -0.25) is 0 Å². The molecule has 0 atom stereocenters. The maximum atomic E-state index is 10.8. The minimum absolute atomic E-state index is 0.301. The van der Waals surface area contributed by atoms with E-state index in [1.165, 1.54) is 0 Å². The van der Waals surface area contributed by atoms with E-state index in [1.807, 2.05) is 55.5 Å². The van der Waals surface area contributed by atoms with Crippen LogP contribution in [-0.2, 0) is 15.8 Å². The minimum Gasteiger partial charge on any atom is -0.508 e. The third-order valence-corrected chi connectivity index (χ3v) is 7.35. The second-order valence-electron chi connectivity index (χ2n) is 10.5. The van der Waals surface area contributed by atoms with Gasteiger partial charge in [-0.05, 0) is 83.8 Å². The Bertz CT molecular complexity index is 1270. The molecule has 0 radical (unpaired) electrons. The number of phenols is 1. The van der Waals surface area contributed by atoms with Crippen LogP contribution in [0.5, 0.6) is 17.2 Å². The van der Waals surface area contributed by atoms with Crippen molar-refractivity contribution in [1.82, 2.24) is 0 Å². The second kappa shape index (κ2) is 11.3. The number of methoxy groups -OCH3 is 2. The molecule has 0 aliphatic heterocycles. The zero-order chi connectivity index (χ0) is 27.3. The van der Waals surface area contributed by atoms with Crippen LogP contribution in [0.2, 0.25) is 0 Å². The van der Waals surface area contributed by atoms with Crippen molar-refractivity contribution >= 4 is 0 Å². The summed E-state index contributed by atoms with van der Waals surface area (Å²) in [5.74, 6) is 1.92. The lowest BCUT2D eigenvalue weighted by atomic mass is 9.77. The maximum absolute atomic E-state index is 10.8. The van der Waals surface area contributed by atoms with Crippen molar-refractivity contribution < 1.29 is 19.3 Å². The number of hydrogen-bond acceptors (Lipinski definition) is 4. The third-order valence-electron chi connectivity index (χ3n) is 7.35. The SMILES string of the molecule is COc1ccc(C(OCCC(C)(C)c2c(C)cc(C)cc2O)(c2ccccc2)c2ccc(OC)cc2)cc1. The van der Waals surface area contributed by atoms with Gasteiger partial charge in [0.2, 0.25) is 0 Å². The lowest BCUT2D eigenvalue weighted by Crippen LogP contribution is -2.34. The summed E-state index contributed by atoms with van der Waals surface area (Å²) in [5, 5.41) is 10.8. The van der Waals surface area contributed by atoms with Crippen molar-refractivity contribution in [2.45, 2.75) is 45.1 Å². The maximum Gasteiger partial charge on any atom is 0.143 e. The van der Waals surface area contributed by atoms with Crippen LogP contribution in [0.15, 0.2) is 91.0 Å². The summed E-state index contributed by atoms with van der Waals surface area (Å²) in [6.07, 6.45) is 0.714. The Labute approximate surface area is 226 Å². The van der Waals surface area contributed by atoms with Crippen LogP contribution < -0.4 is 9.47 Å². The van der Waals surface area contributed by atoms with Crippen molar-refractivity contribution in [2.24, 2.45) is 0 Å². The smallest absolute Gasteiger partial charge is 0.143 e. The number of rotatable bonds is 10. The van der Waals surface area contributed by atoms with Crippen LogP contribution in [-0.4, -0.2) is 25.9 Å². The zero-order valence-corrected chi connectivity index (χ0v) is 23.2. The van der Waals surface area contributed by atoms with Crippen LogP contribution in [0.4, 0.5) is 0 Å². The fraction of sp³-hybridized carbons (Fsp3) is 0.294. The molecule has 0 heterocycles. The second-order valence-corrected chi connectivity index (χ2v) is 10.5. The molecule has 4 heteroatoms. The number of ether oxygens (including phenoxy) is 3. The van der Waals surface area contributed by atoms with Gasteiger partial charge in [-0.1, -0.05) is 74.5 Å². The molecule has 0 saturated heterocycles. The van der Waals surface area contributed by atoms with Crippen LogP contribution in [0.3, 0.4) is 0 Å². The third kappa shape index (κ3) is 5.41. The molecule has 1 N–H and O–H groups in total. The molecule has 0 saturated carbocycles. The molecular weight excluding hydrogens is 472 g/mol. The highest BCUT2D eigenvalue weighted by Gasteiger charge is 2.38. The topological polar surface area (TPSA) is 47.9 Å². The molecule has 0 spiro atoms. The van der Waals surface area contributed by atoms with E-state index in [-0.39, 0.29) is 5.41 Å². The Balaban J connectivity index is 1.79. The van der Waals surface area contributed by atoms with Gasteiger partial charge in [-0.2, -0.15) is 0 Å². The zero-order valence-electron chi connectivity index (χ0n) is 23.2. The number of aryl methyl sites for hydroxylation is 2. The van der Waals surface area contributed by atoms with Gasteiger partial charge >= 0.3 is 0 Å². The summed E-state index contributed by atoms with van der Waals surface area (Å²) in [6, 6.07) is 30.4. The van der Waals surface area contributed by atoms with Crippen molar-refractivity contribution in [2.75, 3.05) is 20.8 Å². The van der Waals surface area contributed by atoms with Gasteiger partial charge in [0.15, 0.2) is 0 Å². The summed E-state index contributed by atoms with van der Waals surface area (Å²) in [4.78, 5) is 0. The number of hydrogen-bond donors (Lipinski definition) is 1. The van der Waals surface area contributed by atoms with E-state index < -0.39 is 5.60 Å². The van der Waals surface area contributed by atoms with Gasteiger partial charge in [0, 0.05) is 12.2 Å². The minimum atomic E-state index is -0.861. The number of benzene rings is 4. The van der Waals surface area contributed by atoms with E-state index in [9.17, 15) is 5.11 Å². The predicted molar refractivity (Wildman–Crippen MR) is 153 cm³/mol. The molecular formula is C34H38O4. The molecule has 38 heavy (non-hydrogen) atoms. The predicted octanol–water partition coefficient (Wildman–Crippen LogP) is 7.70. The Morgan fingerprint density at radius 2 is 1.18 bits per heavy atom. The summed E-state index contributed by atoms with van der Waals surface area (Å²) >= 11 is 0. The fourth-order valence-corrected chi connectivity index (χ4v) is 5.48. The first-order valence-electron chi connectivity index (χ1n) is 13.0. The largest absolute Gasteiger partial charge is 0.508 e. The first kappa shape index (κ1) is 27.3. The Morgan fingerprint density at radius 3 is 1.66 bits per heavy atom. The summed E-state index contributed by atoms with van der Waals surface area (Å²) in [5.41, 5.74) is 4.98. The van der Waals surface area contributed by atoms with Crippen molar-refractivity contribution in [3.63, 3.8) is 0 Å². The molecule has 4 nitrogen and oxygen atoms in total. The normalized spacial score (nSPS) is 11.8. The van der Waals surface area contributed by atoms with Gasteiger partial charge in [0.25, 0.3) is 0 Å². The molecule has 0 fully saturated rings. The van der Waals surface area contributed by atoms with Crippen molar-refractivity contribution in [1.29, 1.82) is 0 Å². The molecule has 0 aliphatic rings. The standard InChI is InChI=1S/C34H38O4/c1-24-22-25(2)32(31(35)23-24)33(3,4)20-21-38-34(26-10-8-7-9-11-26,27-12-16-29(36-5)17-13-27)28-14-18-30(37-6)19-15-28/h7-19,22-23,35H,20-21H2,1-6H3. The Morgan fingerprint density at radius 1 is 0.684 bits per heavy atom. The van der Waals surface area contributed by atoms with Gasteiger partial charge in [0.1, 0.15) is 22.8 Å². The molecule has 0 bridgehead atoms. The highest BCUT2D eigenvalue weighted by Crippen LogP contribution is 2.43. The van der Waals surface area contributed by atoms with Crippen LogP contribution in [0.25, 0.3) is 0 Å². The lowest BCUT2D eigenvalue weighted by Gasteiger charge is -2.37. The van der Waals surface area contributed by atoms with Gasteiger partial charge in [0.05, 0.1) is 14.2 Å². The highest BCUT2D eigenvalue weighted by atomic mass is 16.5. The molecule has 0 amide bonds. The molecule has 4 aromatic carbocycles. The fourth-order valence-electron chi connectivity index (χ4n) is 5.48. The van der Waals surface area contributed by atoms with E-state index in [0.29, 0.717) is 18.8 Å². The van der Waals surface area contributed by atoms with E-state index in [2.05, 4.69) is 63.2 Å². The quantitative estimate of drug-likeness (QED) is 0.222. The van der Waals surface area contributed by atoms with E-state index in [0.717, 1.165) is 44.9 Å². The summed E-state index contributed by atoms with van der Waals surface area (Å²) in [6.45, 7) is 8.86. The number of aromatic hydroxyl groups is 1. The van der Waals surface area contributed by atoms with Crippen LogP contribution in [0, 0.1) is 13.8 Å². The van der Waals surface area contributed by atoms with Crippen LogP contribution in [0.1, 0.15) is 53.6 Å². The van der Waals surface area contributed by atoms with E-state index in [1.54, 1.807) is 14.2 Å². The Kier molecular flexibility index (Phi) is 8.13. The van der Waals surface area contributed by atoms with Gasteiger partial charge in [-0.25, -0.2) is 0 Å². The van der Waals surface area contributed by atoms with Gasteiger partial charge in [-0.15, -0.1) is 0 Å². The van der Waals surface area contributed by atoms with Crippen LogP contribution >= 0.6 is 0 Å². The van der Waals surface area contributed by atoms with E-state index in [4.69, 9.17) is 14.2 Å². The molecule has 0 aliphatic carbocycles. The summed E-state index contributed by atoms with van der Waals surface area (Å²) < 4.78 is 17.9. The first-order chi connectivity index (χ1) is 18.2.